The number of halogens is 6. The molecule has 3 aromatic heterocycles. The highest BCUT2D eigenvalue weighted by Gasteiger charge is 2.37. The van der Waals surface area contributed by atoms with E-state index in [-0.39, 0.29) is 36.6 Å². The average Bonchev–Trinajstić information content (AvgIpc) is 3.92. The van der Waals surface area contributed by atoms with Crippen molar-refractivity contribution in [1.29, 1.82) is 0 Å². The second kappa shape index (κ2) is 11.9. The number of pyridine rings is 1. The smallest absolute Gasteiger partial charge is 0.356 e. The summed E-state index contributed by atoms with van der Waals surface area (Å²) in [6.07, 6.45) is -4.15. The van der Waals surface area contributed by atoms with E-state index in [2.05, 4.69) is 25.0 Å². The molecule has 0 amide bonds. The van der Waals surface area contributed by atoms with E-state index < -0.39 is 23.5 Å². The van der Waals surface area contributed by atoms with Crippen LogP contribution in [0.15, 0.2) is 30.6 Å². The second-order valence-corrected chi connectivity index (χ2v) is 12.6. The number of fused-ring (bicyclic) bond motifs is 1. The zero-order chi connectivity index (χ0) is 33.0. The standard InChI is InChI=1S/C31H35F6N9/c1-18-25-11-22(26(40-27(25)44(4)42-18)45(13-19-5-6-19)14-20-7-8-20)16-46(29-39-17-38-28(41-29)43(2)3)15-21-9-23(30(32,33)34)12-24(10-21)31(35,36)37/h9-12,17,19-20H,5-8,13-16H2,1-4H3. The lowest BCUT2D eigenvalue weighted by atomic mass is 10.0. The molecule has 0 unspecified atom stereocenters. The first-order chi connectivity index (χ1) is 21.7. The molecule has 3 heterocycles. The third-order valence-electron chi connectivity index (χ3n) is 8.32. The summed E-state index contributed by atoms with van der Waals surface area (Å²) in [5, 5.41) is 5.36. The molecule has 4 aromatic rings. The third-order valence-corrected chi connectivity index (χ3v) is 8.32. The maximum Gasteiger partial charge on any atom is 0.416 e. The SMILES string of the molecule is Cc1nn(C)c2nc(N(CC3CC3)CC3CC3)c(CN(Cc3cc(C(F)(F)F)cc(C(F)(F)F)c3)c3ncnc(N(C)C)n3)cc12. The highest BCUT2D eigenvalue weighted by atomic mass is 19.4. The number of hydrogen-bond donors (Lipinski definition) is 0. The molecule has 2 saturated carbocycles. The summed E-state index contributed by atoms with van der Waals surface area (Å²) >= 11 is 0. The highest BCUT2D eigenvalue weighted by molar-refractivity contribution is 5.82. The van der Waals surface area contributed by atoms with Crippen molar-refractivity contribution in [2.24, 2.45) is 18.9 Å². The summed E-state index contributed by atoms with van der Waals surface area (Å²) < 4.78 is 84.5. The minimum absolute atomic E-state index is 0.0624. The van der Waals surface area contributed by atoms with Crippen molar-refractivity contribution in [3.8, 4) is 0 Å². The maximum absolute atomic E-state index is 13.8. The van der Waals surface area contributed by atoms with E-state index in [1.807, 2.05) is 20.0 Å². The largest absolute Gasteiger partial charge is 0.416 e. The molecule has 15 heteroatoms. The molecule has 46 heavy (non-hydrogen) atoms. The number of nitrogens with zero attached hydrogens (tertiary/aromatic N) is 9. The predicted octanol–water partition coefficient (Wildman–Crippen LogP) is 6.40. The van der Waals surface area contributed by atoms with E-state index in [1.165, 1.54) is 6.33 Å². The molecule has 2 aliphatic carbocycles. The highest BCUT2D eigenvalue weighted by Crippen LogP contribution is 2.39. The number of aromatic nitrogens is 6. The Morgan fingerprint density at radius 1 is 0.783 bits per heavy atom. The molecule has 0 radical (unpaired) electrons. The van der Waals surface area contributed by atoms with Crippen LogP contribution < -0.4 is 14.7 Å². The normalized spacial score (nSPS) is 15.4. The lowest BCUT2D eigenvalue weighted by Crippen LogP contribution is -2.32. The first-order valence-corrected chi connectivity index (χ1v) is 15.1. The van der Waals surface area contributed by atoms with E-state index in [0.29, 0.717) is 17.5 Å². The fourth-order valence-electron chi connectivity index (χ4n) is 5.62. The van der Waals surface area contributed by atoms with Crippen molar-refractivity contribution in [3.05, 3.63) is 58.5 Å². The van der Waals surface area contributed by atoms with Gasteiger partial charge in [-0.25, -0.2) is 15.0 Å². The lowest BCUT2D eigenvalue weighted by molar-refractivity contribution is -0.143. The van der Waals surface area contributed by atoms with E-state index in [0.717, 1.165) is 73.4 Å². The molecule has 2 aliphatic rings. The number of rotatable bonds is 11. The van der Waals surface area contributed by atoms with Crippen molar-refractivity contribution >= 4 is 28.7 Å². The summed E-state index contributed by atoms with van der Waals surface area (Å²) in [5.74, 6) is 2.21. The molecule has 0 spiro atoms. The molecule has 6 rings (SSSR count). The van der Waals surface area contributed by atoms with Crippen LogP contribution in [0.2, 0.25) is 0 Å². The fourth-order valence-corrected chi connectivity index (χ4v) is 5.62. The zero-order valence-corrected chi connectivity index (χ0v) is 26.0. The zero-order valence-electron chi connectivity index (χ0n) is 26.0. The molecule has 0 N–H and O–H groups in total. The topological polar surface area (TPSA) is 79.1 Å². The molecule has 2 fully saturated rings. The van der Waals surface area contributed by atoms with E-state index in [1.54, 1.807) is 28.6 Å². The molecule has 246 valence electrons. The summed E-state index contributed by atoms with van der Waals surface area (Å²) in [7, 11) is 5.27. The Balaban J connectivity index is 1.48. The summed E-state index contributed by atoms with van der Waals surface area (Å²) in [6.45, 7) is 3.23. The Hall–Kier alpha value is -4.17. The van der Waals surface area contributed by atoms with Gasteiger partial charge in [0.15, 0.2) is 5.65 Å². The molecular formula is C31H35F6N9. The second-order valence-electron chi connectivity index (χ2n) is 12.6. The van der Waals surface area contributed by atoms with Gasteiger partial charge in [0.1, 0.15) is 12.1 Å². The van der Waals surface area contributed by atoms with E-state index >= 15 is 0 Å². The first kappa shape index (κ1) is 31.8. The van der Waals surface area contributed by atoms with Gasteiger partial charge < -0.3 is 14.7 Å². The summed E-state index contributed by atoms with van der Waals surface area (Å²) in [4.78, 5) is 23.6. The summed E-state index contributed by atoms with van der Waals surface area (Å²) in [6, 6.07) is 3.60. The van der Waals surface area contributed by atoms with Crippen molar-refractivity contribution in [2.75, 3.05) is 41.9 Å². The van der Waals surface area contributed by atoms with E-state index in [9.17, 15) is 26.3 Å². The van der Waals surface area contributed by atoms with Crippen molar-refractivity contribution in [1.82, 2.24) is 29.7 Å². The number of benzene rings is 1. The Kier molecular flexibility index (Phi) is 8.21. The van der Waals surface area contributed by atoms with Crippen LogP contribution in [-0.4, -0.2) is 56.9 Å². The van der Waals surface area contributed by atoms with Gasteiger partial charge in [0.25, 0.3) is 0 Å². The number of aryl methyl sites for hydroxylation is 2. The van der Waals surface area contributed by atoms with Crippen molar-refractivity contribution in [2.45, 2.75) is 58.0 Å². The summed E-state index contributed by atoms with van der Waals surface area (Å²) in [5.41, 5.74) is -0.742. The van der Waals surface area contributed by atoms with Crippen LogP contribution in [0.5, 0.6) is 0 Å². The fraction of sp³-hybridized carbons (Fsp3) is 0.516. The Morgan fingerprint density at radius 3 is 1.91 bits per heavy atom. The average molecular weight is 648 g/mol. The van der Waals surface area contributed by atoms with Gasteiger partial charge in [0.2, 0.25) is 11.9 Å². The van der Waals surface area contributed by atoms with Crippen molar-refractivity contribution in [3.63, 3.8) is 0 Å². The van der Waals surface area contributed by atoms with E-state index in [4.69, 9.17) is 4.98 Å². The Labute approximate surface area is 262 Å². The number of hydrogen-bond acceptors (Lipinski definition) is 8. The molecule has 0 bridgehead atoms. The molecule has 0 atom stereocenters. The van der Waals surface area contributed by atoms with Crippen LogP contribution in [0.3, 0.4) is 0 Å². The maximum atomic E-state index is 13.8. The molecule has 9 nitrogen and oxygen atoms in total. The van der Waals surface area contributed by atoms with Gasteiger partial charge in [-0.1, -0.05) is 0 Å². The Bertz CT molecular complexity index is 1680. The number of anilines is 3. The first-order valence-electron chi connectivity index (χ1n) is 15.1. The van der Waals surface area contributed by atoms with Crippen LogP contribution in [0, 0.1) is 18.8 Å². The van der Waals surface area contributed by atoms with Gasteiger partial charge in [-0.15, -0.1) is 0 Å². The molecular weight excluding hydrogens is 612 g/mol. The third kappa shape index (κ3) is 7.12. The monoisotopic (exact) mass is 647 g/mol. The molecule has 0 aliphatic heterocycles. The van der Waals surface area contributed by atoms with Crippen LogP contribution in [0.1, 0.15) is 53.6 Å². The van der Waals surface area contributed by atoms with Crippen molar-refractivity contribution < 1.29 is 26.3 Å². The minimum Gasteiger partial charge on any atom is -0.356 e. The van der Waals surface area contributed by atoms with Gasteiger partial charge in [-0.2, -0.15) is 36.4 Å². The van der Waals surface area contributed by atoms with Crippen LogP contribution >= 0.6 is 0 Å². The van der Waals surface area contributed by atoms with Crippen LogP contribution in [0.4, 0.5) is 44.1 Å². The lowest BCUT2D eigenvalue weighted by Gasteiger charge is -2.29. The Morgan fingerprint density at radius 2 is 1.37 bits per heavy atom. The molecule has 1 aromatic carbocycles. The quantitative estimate of drug-likeness (QED) is 0.173. The predicted molar refractivity (Wildman–Crippen MR) is 161 cm³/mol. The number of alkyl halides is 6. The van der Waals surface area contributed by atoms with Crippen LogP contribution in [0.25, 0.3) is 11.0 Å². The van der Waals surface area contributed by atoms with Crippen LogP contribution in [-0.2, 0) is 32.5 Å². The van der Waals surface area contributed by atoms with Gasteiger partial charge >= 0.3 is 12.4 Å². The van der Waals surface area contributed by atoms with Gasteiger partial charge in [0.05, 0.1) is 16.8 Å². The van der Waals surface area contributed by atoms with Gasteiger partial charge in [-0.05, 0) is 74.3 Å². The van der Waals surface area contributed by atoms with Gasteiger partial charge in [-0.3, -0.25) is 4.68 Å². The minimum atomic E-state index is -4.97. The molecule has 0 saturated heterocycles. The van der Waals surface area contributed by atoms with Gasteiger partial charge in [0, 0.05) is 58.3 Å².